The highest BCUT2D eigenvalue weighted by atomic mass is 32.2. The summed E-state index contributed by atoms with van der Waals surface area (Å²) in [5.74, 6) is -0.107. The second-order valence-corrected chi connectivity index (χ2v) is 9.98. The van der Waals surface area contributed by atoms with E-state index in [1.54, 1.807) is 0 Å². The lowest BCUT2D eigenvalue weighted by atomic mass is 10.0. The maximum absolute atomic E-state index is 11.9. The van der Waals surface area contributed by atoms with Crippen LogP contribution >= 0.6 is 11.8 Å². The van der Waals surface area contributed by atoms with Gasteiger partial charge in [0, 0.05) is 55.6 Å². The molecule has 36 heavy (non-hydrogen) atoms. The van der Waals surface area contributed by atoms with Crippen molar-refractivity contribution in [3.8, 4) is 0 Å². The zero-order valence-electron chi connectivity index (χ0n) is 20.3. The van der Waals surface area contributed by atoms with Crippen molar-refractivity contribution in [2.45, 2.75) is 49.4 Å². The summed E-state index contributed by atoms with van der Waals surface area (Å²) in [5, 5.41) is 11.8. The number of nitrogens with zero attached hydrogens (tertiary/aromatic N) is 1. The number of ether oxygens (including phenoxy) is 2. The summed E-state index contributed by atoms with van der Waals surface area (Å²) in [7, 11) is 0. The van der Waals surface area contributed by atoms with Gasteiger partial charge in [0.05, 0.1) is 38.5 Å². The third-order valence-corrected chi connectivity index (χ3v) is 7.56. The Labute approximate surface area is 214 Å². The van der Waals surface area contributed by atoms with Gasteiger partial charge in [0.25, 0.3) is 11.8 Å². The molecule has 2 saturated heterocycles. The molecule has 3 aliphatic heterocycles. The summed E-state index contributed by atoms with van der Waals surface area (Å²) in [4.78, 5) is 58.9. The molecule has 0 bridgehead atoms. The van der Waals surface area contributed by atoms with Crippen molar-refractivity contribution in [3.05, 3.63) is 12.2 Å². The van der Waals surface area contributed by atoms with Crippen LogP contribution in [0.3, 0.4) is 0 Å². The molecule has 6 amide bonds. The third kappa shape index (κ3) is 9.10. The molecule has 2 fully saturated rings. The molecule has 4 N–H and O–H groups in total. The summed E-state index contributed by atoms with van der Waals surface area (Å²) in [6.45, 7) is 2.27. The fourth-order valence-corrected chi connectivity index (χ4v) is 5.71. The number of thioether (sulfide) groups is 1. The van der Waals surface area contributed by atoms with E-state index in [0.29, 0.717) is 51.2 Å². The van der Waals surface area contributed by atoms with Crippen LogP contribution in [0.4, 0.5) is 4.79 Å². The number of carbonyl (C=O) groups excluding carboxylic acids is 5. The van der Waals surface area contributed by atoms with Crippen LogP contribution in [-0.2, 0) is 28.7 Å². The molecule has 0 aromatic carbocycles. The maximum Gasteiger partial charge on any atom is 0.315 e. The highest BCUT2D eigenvalue weighted by Gasteiger charge is 2.42. The molecule has 0 aliphatic carbocycles. The summed E-state index contributed by atoms with van der Waals surface area (Å²) in [6.07, 6.45) is 5.67. The normalized spacial score (nSPS) is 22.5. The van der Waals surface area contributed by atoms with Gasteiger partial charge in [0.2, 0.25) is 11.8 Å². The zero-order chi connectivity index (χ0) is 25.8. The number of nitrogens with one attached hydrogen (secondary N) is 4. The largest absolute Gasteiger partial charge is 0.377 e. The first-order valence-corrected chi connectivity index (χ1v) is 13.4. The highest BCUT2D eigenvalue weighted by molar-refractivity contribution is 8.00. The van der Waals surface area contributed by atoms with Crippen molar-refractivity contribution < 1.29 is 33.4 Å². The predicted molar refractivity (Wildman–Crippen MR) is 132 cm³/mol. The average molecular weight is 526 g/mol. The van der Waals surface area contributed by atoms with E-state index in [1.807, 2.05) is 11.8 Å². The first kappa shape index (κ1) is 27.9. The van der Waals surface area contributed by atoms with Crippen molar-refractivity contribution in [2.75, 3.05) is 51.8 Å². The standard InChI is InChI=1S/C23H35N5O7S/c29-18(4-2-1-3-17-22-16(15-36-17)26-23(33)27-22)24-8-11-34-13-14-35-12-9-25-19(30)7-10-28-20(31)5-6-21(28)32/h5-6,16-17,22H,1-4,7-15H2,(H,24,29)(H,25,30)(H2,26,27,33)/t16-,17+,22-/m1/s1. The number of carbonyl (C=O) groups is 5. The predicted octanol–water partition coefficient (Wildman–Crippen LogP) is -0.707. The van der Waals surface area contributed by atoms with Crippen LogP contribution in [0.15, 0.2) is 12.2 Å². The van der Waals surface area contributed by atoms with Crippen LogP contribution in [0.1, 0.15) is 32.1 Å². The summed E-state index contributed by atoms with van der Waals surface area (Å²) in [6, 6.07) is 0.368. The fourth-order valence-electron chi connectivity index (χ4n) is 4.16. The van der Waals surface area contributed by atoms with Gasteiger partial charge in [0.15, 0.2) is 0 Å². The van der Waals surface area contributed by atoms with Gasteiger partial charge in [-0.05, 0) is 12.8 Å². The first-order valence-electron chi connectivity index (χ1n) is 12.3. The number of hydrogen-bond donors (Lipinski definition) is 4. The number of unbranched alkanes of at least 4 members (excludes halogenated alkanes) is 1. The van der Waals surface area contributed by atoms with Crippen LogP contribution in [0, 0.1) is 0 Å². The van der Waals surface area contributed by atoms with Gasteiger partial charge in [-0.2, -0.15) is 11.8 Å². The van der Waals surface area contributed by atoms with E-state index < -0.39 is 11.8 Å². The van der Waals surface area contributed by atoms with Crippen molar-refractivity contribution in [2.24, 2.45) is 0 Å². The Morgan fingerprint density at radius 2 is 1.56 bits per heavy atom. The molecule has 0 aromatic rings. The van der Waals surface area contributed by atoms with Gasteiger partial charge in [-0.15, -0.1) is 0 Å². The molecular formula is C23H35N5O7S. The summed E-state index contributed by atoms with van der Waals surface area (Å²) >= 11 is 1.88. The number of rotatable bonds is 17. The monoisotopic (exact) mass is 525 g/mol. The van der Waals surface area contributed by atoms with E-state index >= 15 is 0 Å². The number of amides is 6. The topological polar surface area (TPSA) is 155 Å². The van der Waals surface area contributed by atoms with E-state index in [2.05, 4.69) is 21.3 Å². The van der Waals surface area contributed by atoms with Gasteiger partial charge in [-0.3, -0.25) is 24.1 Å². The second-order valence-electron chi connectivity index (χ2n) is 8.70. The second kappa shape index (κ2) is 14.8. The highest BCUT2D eigenvalue weighted by Crippen LogP contribution is 2.33. The fraction of sp³-hybridized carbons (Fsp3) is 0.696. The molecule has 0 spiro atoms. The van der Waals surface area contributed by atoms with E-state index in [1.165, 1.54) is 12.2 Å². The number of fused-ring (bicyclic) bond motifs is 1. The summed E-state index contributed by atoms with van der Waals surface area (Å²) < 4.78 is 10.8. The molecular weight excluding hydrogens is 490 g/mol. The lowest BCUT2D eigenvalue weighted by molar-refractivity contribution is -0.137. The molecule has 3 heterocycles. The van der Waals surface area contributed by atoms with Crippen LogP contribution in [0.2, 0.25) is 0 Å². The van der Waals surface area contributed by atoms with E-state index in [4.69, 9.17) is 9.47 Å². The average Bonchev–Trinajstić information content (AvgIpc) is 3.50. The molecule has 0 radical (unpaired) electrons. The van der Waals surface area contributed by atoms with Gasteiger partial charge in [0.1, 0.15) is 0 Å². The molecule has 0 aromatic heterocycles. The van der Waals surface area contributed by atoms with Crippen LogP contribution < -0.4 is 21.3 Å². The number of hydrogen-bond acceptors (Lipinski definition) is 8. The quantitative estimate of drug-likeness (QED) is 0.110. The number of urea groups is 1. The minimum atomic E-state index is -0.400. The number of imide groups is 1. The maximum atomic E-state index is 11.9. The van der Waals surface area contributed by atoms with E-state index in [9.17, 15) is 24.0 Å². The Bertz CT molecular complexity index is 822. The molecule has 3 aliphatic rings. The Hall–Kier alpha value is -2.64. The van der Waals surface area contributed by atoms with Gasteiger partial charge in [-0.25, -0.2) is 4.79 Å². The Morgan fingerprint density at radius 3 is 2.22 bits per heavy atom. The van der Waals surface area contributed by atoms with Crippen molar-refractivity contribution in [3.63, 3.8) is 0 Å². The molecule has 200 valence electrons. The molecule has 0 unspecified atom stereocenters. The van der Waals surface area contributed by atoms with E-state index in [0.717, 1.165) is 29.9 Å². The Kier molecular flexibility index (Phi) is 11.5. The molecule has 3 atom stereocenters. The minimum Gasteiger partial charge on any atom is -0.377 e. The summed E-state index contributed by atoms with van der Waals surface area (Å²) in [5.41, 5.74) is 0. The molecule has 0 saturated carbocycles. The Balaban J connectivity index is 1.06. The van der Waals surface area contributed by atoms with E-state index in [-0.39, 0.29) is 42.9 Å². The SMILES string of the molecule is O=C(CCCC[C@@H]1SC[C@H]2NC(=O)N[C@@H]12)NCCOCCOCCNC(=O)CCN1C(=O)C=CC1=O. The minimum absolute atomic E-state index is 0.00750. The van der Waals surface area contributed by atoms with Crippen molar-refractivity contribution in [1.29, 1.82) is 0 Å². The Morgan fingerprint density at radius 1 is 0.917 bits per heavy atom. The smallest absolute Gasteiger partial charge is 0.315 e. The zero-order valence-corrected chi connectivity index (χ0v) is 21.1. The van der Waals surface area contributed by atoms with Crippen LogP contribution in [0.5, 0.6) is 0 Å². The molecule has 12 nitrogen and oxygen atoms in total. The van der Waals surface area contributed by atoms with Crippen LogP contribution in [0.25, 0.3) is 0 Å². The van der Waals surface area contributed by atoms with Crippen molar-refractivity contribution in [1.82, 2.24) is 26.2 Å². The van der Waals surface area contributed by atoms with Gasteiger partial charge in [-0.1, -0.05) is 6.42 Å². The lowest BCUT2D eigenvalue weighted by Gasteiger charge is -2.16. The first-order chi connectivity index (χ1) is 17.4. The molecule has 3 rings (SSSR count). The lowest BCUT2D eigenvalue weighted by Crippen LogP contribution is -2.36. The van der Waals surface area contributed by atoms with Gasteiger partial charge >= 0.3 is 6.03 Å². The van der Waals surface area contributed by atoms with Gasteiger partial charge < -0.3 is 30.7 Å². The van der Waals surface area contributed by atoms with Crippen LogP contribution in [-0.4, -0.2) is 104 Å². The third-order valence-electron chi connectivity index (χ3n) is 6.05. The molecule has 13 heteroatoms. The van der Waals surface area contributed by atoms with Crippen molar-refractivity contribution >= 4 is 41.4 Å².